The van der Waals surface area contributed by atoms with Gasteiger partial charge in [0.25, 0.3) is 11.6 Å². The van der Waals surface area contributed by atoms with Gasteiger partial charge in [-0.2, -0.15) is 0 Å². The van der Waals surface area contributed by atoms with E-state index in [1.54, 1.807) is 5.41 Å². The number of benzene rings is 2. The molecular formula is C18H16N2O6S. The molecule has 0 aliphatic rings. The van der Waals surface area contributed by atoms with Crippen molar-refractivity contribution in [1.82, 2.24) is 0 Å². The lowest BCUT2D eigenvalue weighted by molar-refractivity contribution is -0.384. The van der Waals surface area contributed by atoms with Crippen LogP contribution in [0.5, 0.6) is 5.75 Å². The molecule has 0 bridgehead atoms. The predicted molar refractivity (Wildman–Crippen MR) is 101 cm³/mol. The van der Waals surface area contributed by atoms with E-state index in [0.717, 1.165) is 11.0 Å². The van der Waals surface area contributed by atoms with Crippen molar-refractivity contribution in [3.05, 3.63) is 70.1 Å². The fourth-order valence-electron chi connectivity index (χ4n) is 1.95. The van der Waals surface area contributed by atoms with E-state index >= 15 is 0 Å². The molecule has 140 valence electrons. The number of esters is 1. The molecule has 1 N–H and O–H groups in total. The number of nitrogens with zero attached hydrogens (tertiary/aromatic N) is 1. The topological polar surface area (TPSA) is 108 Å². The third-order valence-electron chi connectivity index (χ3n) is 3.16. The monoisotopic (exact) mass is 388 g/mol. The number of amides is 1. The van der Waals surface area contributed by atoms with E-state index in [1.807, 2.05) is 30.3 Å². The molecule has 0 unspecified atom stereocenters. The minimum atomic E-state index is -0.681. The number of carbonyl (C=O) groups is 2. The lowest BCUT2D eigenvalue weighted by Crippen LogP contribution is -2.20. The van der Waals surface area contributed by atoms with Crippen LogP contribution in [-0.4, -0.2) is 30.5 Å². The minimum Gasteiger partial charge on any atom is -0.495 e. The molecule has 27 heavy (non-hydrogen) atoms. The normalized spacial score (nSPS) is 10.4. The van der Waals surface area contributed by atoms with Crippen molar-refractivity contribution in [1.29, 1.82) is 0 Å². The van der Waals surface area contributed by atoms with Gasteiger partial charge in [-0.05, 0) is 23.6 Å². The van der Waals surface area contributed by atoms with Crippen LogP contribution in [0.4, 0.5) is 11.4 Å². The van der Waals surface area contributed by atoms with Gasteiger partial charge in [0.1, 0.15) is 5.75 Å². The molecule has 0 spiro atoms. The number of hydrogen-bond donors (Lipinski definition) is 1. The van der Waals surface area contributed by atoms with Gasteiger partial charge in [-0.3, -0.25) is 14.9 Å². The van der Waals surface area contributed by atoms with Gasteiger partial charge in [0.2, 0.25) is 0 Å². The van der Waals surface area contributed by atoms with Gasteiger partial charge in [-0.15, -0.1) is 0 Å². The molecule has 2 aromatic rings. The summed E-state index contributed by atoms with van der Waals surface area (Å²) < 4.78 is 9.88. The van der Waals surface area contributed by atoms with E-state index in [-0.39, 0.29) is 17.1 Å². The van der Waals surface area contributed by atoms with Crippen LogP contribution in [0.3, 0.4) is 0 Å². The number of nitro groups is 1. The molecule has 0 radical (unpaired) electrons. The molecule has 0 aliphatic carbocycles. The average Bonchev–Trinajstić information content (AvgIpc) is 2.67. The third kappa shape index (κ3) is 6.48. The van der Waals surface area contributed by atoms with Crippen LogP contribution >= 0.6 is 11.8 Å². The van der Waals surface area contributed by atoms with Gasteiger partial charge in [-0.1, -0.05) is 30.0 Å². The molecule has 0 saturated heterocycles. The maximum absolute atomic E-state index is 11.9. The highest BCUT2D eigenvalue weighted by Gasteiger charge is 2.14. The number of nitrogens with one attached hydrogen (secondary N) is 1. The van der Waals surface area contributed by atoms with Crippen molar-refractivity contribution in [2.45, 2.75) is 4.90 Å². The van der Waals surface area contributed by atoms with Gasteiger partial charge in [-0.25, -0.2) is 4.79 Å². The number of rotatable bonds is 8. The van der Waals surface area contributed by atoms with Crippen molar-refractivity contribution in [3.8, 4) is 5.75 Å². The van der Waals surface area contributed by atoms with Crippen molar-refractivity contribution in [3.63, 3.8) is 0 Å². The van der Waals surface area contributed by atoms with Crippen LogP contribution < -0.4 is 10.1 Å². The van der Waals surface area contributed by atoms with E-state index in [1.165, 1.54) is 37.1 Å². The lowest BCUT2D eigenvalue weighted by Gasteiger charge is -2.09. The number of non-ortho nitro benzene ring substituents is 1. The maximum Gasteiger partial charge on any atom is 0.331 e. The zero-order chi connectivity index (χ0) is 19.6. The van der Waals surface area contributed by atoms with Crippen molar-refractivity contribution in [2.24, 2.45) is 0 Å². The van der Waals surface area contributed by atoms with Crippen LogP contribution in [0.2, 0.25) is 0 Å². The summed E-state index contributed by atoms with van der Waals surface area (Å²) >= 11 is 1.33. The van der Waals surface area contributed by atoms with Crippen molar-refractivity contribution < 1.29 is 24.0 Å². The Balaban J connectivity index is 1.86. The van der Waals surface area contributed by atoms with Crippen molar-refractivity contribution in [2.75, 3.05) is 19.0 Å². The fraction of sp³-hybridized carbons (Fsp3) is 0.111. The Hall–Kier alpha value is -3.33. The zero-order valence-corrected chi connectivity index (χ0v) is 15.1. The Labute approximate surface area is 159 Å². The molecule has 2 rings (SSSR count). The van der Waals surface area contributed by atoms with Crippen LogP contribution in [0.15, 0.2) is 64.9 Å². The Morgan fingerprint density at radius 2 is 1.96 bits per heavy atom. The first-order valence-electron chi connectivity index (χ1n) is 7.67. The first-order valence-corrected chi connectivity index (χ1v) is 8.55. The highest BCUT2D eigenvalue weighted by atomic mass is 32.2. The average molecular weight is 388 g/mol. The van der Waals surface area contributed by atoms with Crippen LogP contribution in [-0.2, 0) is 14.3 Å². The molecule has 0 saturated carbocycles. The molecule has 0 aromatic heterocycles. The van der Waals surface area contributed by atoms with Crippen molar-refractivity contribution >= 4 is 35.0 Å². The Morgan fingerprint density at radius 3 is 2.63 bits per heavy atom. The van der Waals surface area contributed by atoms with E-state index in [9.17, 15) is 19.7 Å². The number of nitro benzene ring substituents is 1. The summed E-state index contributed by atoms with van der Waals surface area (Å²) in [4.78, 5) is 34.8. The quantitative estimate of drug-likeness (QED) is 0.243. The number of thioether (sulfide) groups is 1. The fourth-order valence-corrected chi connectivity index (χ4v) is 2.60. The Kier molecular flexibility index (Phi) is 7.38. The molecule has 0 aliphatic heterocycles. The van der Waals surface area contributed by atoms with Crippen LogP contribution in [0, 0.1) is 10.1 Å². The predicted octanol–water partition coefficient (Wildman–Crippen LogP) is 3.39. The second-order valence-corrected chi connectivity index (χ2v) is 6.01. The Bertz CT molecular complexity index is 854. The molecule has 1 amide bonds. The Morgan fingerprint density at radius 1 is 1.22 bits per heavy atom. The molecule has 2 aromatic carbocycles. The number of ether oxygens (including phenoxy) is 2. The van der Waals surface area contributed by atoms with Gasteiger partial charge in [0.05, 0.1) is 17.7 Å². The highest BCUT2D eigenvalue weighted by molar-refractivity contribution is 8.02. The number of carbonyl (C=O) groups excluding carboxylic acids is 2. The van der Waals surface area contributed by atoms with Crippen LogP contribution in [0.25, 0.3) is 0 Å². The summed E-state index contributed by atoms with van der Waals surface area (Å²) in [6, 6.07) is 13.2. The standard InChI is InChI=1S/C18H16N2O6S/c1-25-16-8-7-13(20(23)24)11-15(16)19-17(21)12-26-18(22)9-10-27-14-5-3-2-4-6-14/h2-11H,12H2,1H3,(H,19,21)/b10-9+. The molecule has 0 fully saturated rings. The smallest absolute Gasteiger partial charge is 0.331 e. The lowest BCUT2D eigenvalue weighted by atomic mass is 10.2. The van der Waals surface area contributed by atoms with E-state index in [4.69, 9.17) is 9.47 Å². The van der Waals surface area contributed by atoms with E-state index in [2.05, 4.69) is 5.32 Å². The largest absolute Gasteiger partial charge is 0.495 e. The molecule has 0 heterocycles. The minimum absolute atomic E-state index is 0.114. The summed E-state index contributed by atoms with van der Waals surface area (Å²) in [5.41, 5.74) is -0.0908. The highest BCUT2D eigenvalue weighted by Crippen LogP contribution is 2.28. The van der Waals surface area contributed by atoms with Crippen LogP contribution in [0.1, 0.15) is 0 Å². The SMILES string of the molecule is COc1ccc([N+](=O)[O-])cc1NC(=O)COC(=O)/C=C/Sc1ccccc1. The van der Waals surface area contributed by atoms with Gasteiger partial charge >= 0.3 is 5.97 Å². The first-order chi connectivity index (χ1) is 13.0. The summed E-state index contributed by atoms with van der Waals surface area (Å²) in [7, 11) is 1.37. The summed E-state index contributed by atoms with van der Waals surface area (Å²) in [5, 5.41) is 14.8. The van der Waals surface area contributed by atoms with E-state index < -0.39 is 23.4 Å². The maximum atomic E-state index is 11.9. The molecule has 8 nitrogen and oxygen atoms in total. The van der Waals surface area contributed by atoms with Gasteiger partial charge < -0.3 is 14.8 Å². The third-order valence-corrected chi connectivity index (χ3v) is 3.98. The van der Waals surface area contributed by atoms with Gasteiger partial charge in [0.15, 0.2) is 6.61 Å². The summed E-state index contributed by atoms with van der Waals surface area (Å²) in [6.07, 6.45) is 1.21. The number of anilines is 1. The summed E-state index contributed by atoms with van der Waals surface area (Å²) in [6.45, 7) is -0.537. The van der Waals surface area contributed by atoms with Gasteiger partial charge in [0, 0.05) is 23.1 Å². The second-order valence-electron chi connectivity index (χ2n) is 5.03. The first kappa shape index (κ1) is 20.0. The zero-order valence-electron chi connectivity index (χ0n) is 14.3. The molecule has 9 heteroatoms. The second kappa shape index (κ2) is 9.97. The van der Waals surface area contributed by atoms with E-state index in [0.29, 0.717) is 0 Å². The summed E-state index contributed by atoms with van der Waals surface area (Å²) in [5.74, 6) is -1.08. The molecular weight excluding hydrogens is 372 g/mol. The number of methoxy groups -OCH3 is 1. The number of hydrogen-bond acceptors (Lipinski definition) is 7. The molecule has 0 atom stereocenters.